The van der Waals surface area contributed by atoms with Crippen LogP contribution in [0.5, 0.6) is 0 Å². The summed E-state index contributed by atoms with van der Waals surface area (Å²) in [5, 5.41) is 10.2. The minimum Gasteiger partial charge on any atom is -0.255 e. The number of nitrogens with zero attached hydrogens (tertiary/aromatic N) is 3. The summed E-state index contributed by atoms with van der Waals surface area (Å²) < 4.78 is 0. The molecule has 114 valence electrons. The van der Waals surface area contributed by atoms with Crippen molar-refractivity contribution in [2.24, 2.45) is 0 Å². The van der Waals surface area contributed by atoms with Gasteiger partial charge in [-0.1, -0.05) is 42.1 Å². The molecule has 0 N–H and O–H groups in total. The smallest absolute Gasteiger partial charge is 0.119 e. The number of benzene rings is 1. The summed E-state index contributed by atoms with van der Waals surface area (Å²) >= 11 is 1.82. The van der Waals surface area contributed by atoms with Gasteiger partial charge in [-0.05, 0) is 54.7 Å². The zero-order valence-electron chi connectivity index (χ0n) is 12.7. The van der Waals surface area contributed by atoms with Crippen molar-refractivity contribution in [1.82, 2.24) is 15.2 Å². The fraction of sp³-hybridized carbons (Fsp3) is 0.211. The van der Waals surface area contributed by atoms with Crippen LogP contribution < -0.4 is 0 Å². The molecular formula is C19H17N3S. The van der Waals surface area contributed by atoms with E-state index in [2.05, 4.69) is 45.5 Å². The molecule has 3 nitrogen and oxygen atoms in total. The second kappa shape index (κ2) is 6.50. The van der Waals surface area contributed by atoms with Crippen LogP contribution in [0, 0.1) is 0 Å². The predicted octanol–water partition coefficient (Wildman–Crippen LogP) is 4.71. The van der Waals surface area contributed by atoms with Crippen LogP contribution in [-0.4, -0.2) is 15.2 Å². The van der Waals surface area contributed by atoms with E-state index < -0.39 is 0 Å². The summed E-state index contributed by atoms with van der Waals surface area (Å²) in [5.74, 6) is 0. The number of pyridine rings is 1. The van der Waals surface area contributed by atoms with Crippen LogP contribution in [0.1, 0.15) is 29.2 Å². The lowest BCUT2D eigenvalue weighted by molar-refractivity contribution is 0.672. The summed E-state index contributed by atoms with van der Waals surface area (Å²) in [6.07, 6.45) is 5.41. The largest absolute Gasteiger partial charge is 0.255 e. The first-order chi connectivity index (χ1) is 11.4. The van der Waals surface area contributed by atoms with E-state index in [-0.39, 0.29) is 0 Å². The van der Waals surface area contributed by atoms with E-state index in [1.807, 2.05) is 36.0 Å². The van der Waals surface area contributed by atoms with Gasteiger partial charge in [-0.15, -0.1) is 10.2 Å². The maximum atomic E-state index is 4.40. The second-order valence-electron chi connectivity index (χ2n) is 5.67. The Hall–Kier alpha value is -2.20. The highest BCUT2D eigenvalue weighted by Crippen LogP contribution is 2.42. The van der Waals surface area contributed by atoms with Crippen LogP contribution in [0.15, 0.2) is 65.8 Å². The van der Waals surface area contributed by atoms with E-state index in [9.17, 15) is 0 Å². The van der Waals surface area contributed by atoms with E-state index >= 15 is 0 Å². The first-order valence-corrected chi connectivity index (χ1v) is 8.78. The highest BCUT2D eigenvalue weighted by molar-refractivity contribution is 7.99. The van der Waals surface area contributed by atoms with Crippen LogP contribution in [0.25, 0.3) is 11.4 Å². The molecule has 4 heteroatoms. The molecule has 0 bridgehead atoms. The number of aromatic nitrogens is 3. The monoisotopic (exact) mass is 319 g/mol. The number of aryl methyl sites for hydroxylation is 1. The molecular weight excluding hydrogens is 302 g/mol. The molecule has 0 saturated carbocycles. The fourth-order valence-corrected chi connectivity index (χ4v) is 4.18. The molecule has 23 heavy (non-hydrogen) atoms. The van der Waals surface area contributed by atoms with Crippen molar-refractivity contribution in [2.45, 2.75) is 29.5 Å². The standard InChI is InChI=1S/C19H17N3S/c1-2-8-15-14(6-1)7-5-10-18(15)23-19-12-11-17(21-22-19)16-9-3-4-13-20-16/h1-4,6,8-9,11-13,18H,5,7,10H2. The molecule has 0 fully saturated rings. The Balaban J connectivity index is 1.54. The van der Waals surface area contributed by atoms with Gasteiger partial charge in [0.25, 0.3) is 0 Å². The van der Waals surface area contributed by atoms with Crippen molar-refractivity contribution < 1.29 is 0 Å². The molecule has 1 aliphatic rings. The average Bonchev–Trinajstić information content (AvgIpc) is 2.63. The molecule has 1 aromatic carbocycles. The maximum absolute atomic E-state index is 4.40. The van der Waals surface area contributed by atoms with Crippen molar-refractivity contribution in [3.63, 3.8) is 0 Å². The van der Waals surface area contributed by atoms with Crippen molar-refractivity contribution in [1.29, 1.82) is 0 Å². The Morgan fingerprint density at radius 1 is 0.870 bits per heavy atom. The molecule has 0 aliphatic heterocycles. The third kappa shape index (κ3) is 3.13. The molecule has 0 spiro atoms. The van der Waals surface area contributed by atoms with E-state index in [0.29, 0.717) is 5.25 Å². The van der Waals surface area contributed by atoms with Crippen LogP contribution in [-0.2, 0) is 6.42 Å². The molecule has 1 atom stereocenters. The van der Waals surface area contributed by atoms with Crippen molar-refractivity contribution in [3.8, 4) is 11.4 Å². The number of hydrogen-bond donors (Lipinski definition) is 0. The Bertz CT molecular complexity index is 787. The van der Waals surface area contributed by atoms with Gasteiger partial charge >= 0.3 is 0 Å². The van der Waals surface area contributed by atoms with E-state index in [4.69, 9.17) is 0 Å². The van der Waals surface area contributed by atoms with Gasteiger partial charge in [-0.2, -0.15) is 0 Å². The Kier molecular flexibility index (Phi) is 4.07. The van der Waals surface area contributed by atoms with Gasteiger partial charge in [0.1, 0.15) is 10.7 Å². The molecule has 1 aliphatic carbocycles. The molecule has 3 aromatic rings. The fourth-order valence-electron chi connectivity index (χ4n) is 3.01. The lowest BCUT2D eigenvalue weighted by Gasteiger charge is -2.24. The second-order valence-corrected chi connectivity index (χ2v) is 6.89. The number of fused-ring (bicyclic) bond motifs is 1. The van der Waals surface area contributed by atoms with Crippen LogP contribution in [0.3, 0.4) is 0 Å². The van der Waals surface area contributed by atoms with Crippen LogP contribution in [0.4, 0.5) is 0 Å². The van der Waals surface area contributed by atoms with Gasteiger partial charge in [0.2, 0.25) is 0 Å². The zero-order valence-corrected chi connectivity index (χ0v) is 13.5. The quantitative estimate of drug-likeness (QED) is 0.701. The summed E-state index contributed by atoms with van der Waals surface area (Å²) in [7, 11) is 0. The molecule has 0 amide bonds. The highest BCUT2D eigenvalue weighted by Gasteiger charge is 2.21. The van der Waals surface area contributed by atoms with Gasteiger partial charge < -0.3 is 0 Å². The van der Waals surface area contributed by atoms with E-state index in [1.54, 1.807) is 6.20 Å². The predicted molar refractivity (Wildman–Crippen MR) is 93.2 cm³/mol. The lowest BCUT2D eigenvalue weighted by atomic mass is 9.91. The first-order valence-electron chi connectivity index (χ1n) is 7.90. The Morgan fingerprint density at radius 2 is 1.78 bits per heavy atom. The minimum atomic E-state index is 0.481. The van der Waals surface area contributed by atoms with Crippen LogP contribution in [0.2, 0.25) is 0 Å². The summed E-state index contributed by atoms with van der Waals surface area (Å²) in [5.41, 5.74) is 4.62. The molecule has 1 unspecified atom stereocenters. The Labute approximate surface area is 140 Å². The molecule has 2 aromatic heterocycles. The molecule has 0 saturated heterocycles. The maximum Gasteiger partial charge on any atom is 0.119 e. The number of thioether (sulfide) groups is 1. The third-order valence-electron chi connectivity index (χ3n) is 4.14. The van der Waals surface area contributed by atoms with Crippen LogP contribution >= 0.6 is 11.8 Å². The topological polar surface area (TPSA) is 38.7 Å². The molecule has 4 rings (SSSR count). The number of hydrogen-bond acceptors (Lipinski definition) is 4. The molecule has 2 heterocycles. The van der Waals surface area contributed by atoms with Gasteiger partial charge in [-0.3, -0.25) is 4.98 Å². The first kappa shape index (κ1) is 14.4. The van der Waals surface area contributed by atoms with Gasteiger partial charge in [-0.25, -0.2) is 0 Å². The van der Waals surface area contributed by atoms with Gasteiger partial charge in [0.05, 0.1) is 5.69 Å². The third-order valence-corrected chi connectivity index (χ3v) is 5.38. The van der Waals surface area contributed by atoms with Crippen molar-refractivity contribution >= 4 is 11.8 Å². The molecule has 0 radical (unpaired) electrons. The van der Waals surface area contributed by atoms with Crippen molar-refractivity contribution in [3.05, 3.63) is 71.9 Å². The minimum absolute atomic E-state index is 0.481. The SMILES string of the molecule is c1ccc(-c2ccc(SC3CCCc4ccccc43)nn2)nc1. The average molecular weight is 319 g/mol. The van der Waals surface area contributed by atoms with Gasteiger partial charge in [0.15, 0.2) is 0 Å². The Morgan fingerprint density at radius 3 is 2.61 bits per heavy atom. The highest BCUT2D eigenvalue weighted by atomic mass is 32.2. The summed E-state index contributed by atoms with van der Waals surface area (Å²) in [6.45, 7) is 0. The summed E-state index contributed by atoms with van der Waals surface area (Å²) in [6, 6.07) is 18.6. The summed E-state index contributed by atoms with van der Waals surface area (Å²) in [4.78, 5) is 4.31. The van der Waals surface area contributed by atoms with Gasteiger partial charge in [0, 0.05) is 11.4 Å². The zero-order chi connectivity index (χ0) is 15.5. The lowest BCUT2D eigenvalue weighted by Crippen LogP contribution is -2.07. The normalized spacial score (nSPS) is 16.8. The van der Waals surface area contributed by atoms with Crippen molar-refractivity contribution in [2.75, 3.05) is 0 Å². The number of rotatable bonds is 3. The van der Waals surface area contributed by atoms with E-state index in [1.165, 1.54) is 30.4 Å². The van der Waals surface area contributed by atoms with E-state index in [0.717, 1.165) is 16.4 Å².